The minimum absolute atomic E-state index is 0.207. The van der Waals surface area contributed by atoms with E-state index in [9.17, 15) is 9.59 Å². The molecule has 0 saturated carbocycles. The fourth-order valence-electron chi connectivity index (χ4n) is 3.44. The van der Waals surface area contributed by atoms with Crippen molar-refractivity contribution < 1.29 is 28.5 Å². The molecule has 1 heterocycles. The lowest BCUT2D eigenvalue weighted by Crippen LogP contribution is -2.32. The molecule has 1 aliphatic rings. The second-order valence-corrected chi connectivity index (χ2v) is 7.22. The number of nitrogens with one attached hydrogen (secondary N) is 1. The molecule has 7 nitrogen and oxygen atoms in total. The third kappa shape index (κ3) is 4.58. The van der Waals surface area contributed by atoms with Gasteiger partial charge in [-0.3, -0.25) is 0 Å². The zero-order valence-electron chi connectivity index (χ0n) is 17.5. The third-order valence-corrected chi connectivity index (χ3v) is 4.99. The zero-order valence-corrected chi connectivity index (χ0v) is 19.1. The average molecular weight is 468 g/mol. The fourth-order valence-corrected chi connectivity index (χ4v) is 3.89. The van der Waals surface area contributed by atoms with Gasteiger partial charge in [0.1, 0.15) is 0 Å². The SMILES string of the molecule is CCOC(=O)C1=C(C)NC(C)=C(C(=O)OCC)C1c1cc(Br)cc(OC)c1OC. The maximum absolute atomic E-state index is 12.9. The Morgan fingerprint density at radius 3 is 1.90 bits per heavy atom. The average Bonchev–Trinajstić information content (AvgIpc) is 2.66. The first-order valence-electron chi connectivity index (χ1n) is 9.24. The van der Waals surface area contributed by atoms with Crippen molar-refractivity contribution in [2.75, 3.05) is 27.4 Å². The number of allylic oxidation sites excluding steroid dienone is 2. The molecule has 0 amide bonds. The van der Waals surface area contributed by atoms with Crippen molar-refractivity contribution in [3.05, 3.63) is 44.7 Å². The third-order valence-electron chi connectivity index (χ3n) is 4.53. The Bertz CT molecular complexity index is 834. The Hall–Kier alpha value is -2.48. The molecule has 29 heavy (non-hydrogen) atoms. The van der Waals surface area contributed by atoms with Crippen LogP contribution in [0.1, 0.15) is 39.2 Å². The van der Waals surface area contributed by atoms with Crippen molar-refractivity contribution in [1.29, 1.82) is 0 Å². The van der Waals surface area contributed by atoms with Crippen LogP contribution in [0.25, 0.3) is 0 Å². The van der Waals surface area contributed by atoms with Gasteiger partial charge in [-0.2, -0.15) is 0 Å². The summed E-state index contributed by atoms with van der Waals surface area (Å²) < 4.78 is 22.4. The molecule has 0 fully saturated rings. The van der Waals surface area contributed by atoms with Crippen molar-refractivity contribution in [1.82, 2.24) is 5.32 Å². The van der Waals surface area contributed by atoms with E-state index in [2.05, 4.69) is 21.2 Å². The van der Waals surface area contributed by atoms with Gasteiger partial charge in [-0.05, 0) is 39.8 Å². The number of dihydropyridines is 1. The molecule has 0 unspecified atom stereocenters. The van der Waals surface area contributed by atoms with Gasteiger partial charge in [-0.1, -0.05) is 15.9 Å². The molecule has 0 spiro atoms. The first-order valence-corrected chi connectivity index (χ1v) is 10.0. The molecule has 1 aliphatic heterocycles. The lowest BCUT2D eigenvalue weighted by atomic mass is 9.80. The number of carbonyl (C=O) groups excluding carboxylic acids is 2. The van der Waals surface area contributed by atoms with Gasteiger partial charge >= 0.3 is 11.9 Å². The molecule has 8 heteroatoms. The standard InChI is InChI=1S/C21H26BrNO6/c1-7-28-20(24)16-11(3)23-12(4)17(21(25)29-8-2)18(16)14-9-13(22)10-15(26-5)19(14)27-6/h9-10,18,23H,7-8H2,1-6H3. The quantitative estimate of drug-likeness (QED) is 0.609. The van der Waals surface area contributed by atoms with Gasteiger partial charge in [0.05, 0.1) is 44.5 Å². The summed E-state index contributed by atoms with van der Waals surface area (Å²) in [5.41, 5.74) is 2.42. The molecule has 1 aromatic carbocycles. The van der Waals surface area contributed by atoms with Gasteiger partial charge in [0.15, 0.2) is 11.5 Å². The predicted molar refractivity (Wildman–Crippen MR) is 112 cm³/mol. The van der Waals surface area contributed by atoms with Crippen LogP contribution >= 0.6 is 15.9 Å². The van der Waals surface area contributed by atoms with Gasteiger partial charge in [0, 0.05) is 21.4 Å². The van der Waals surface area contributed by atoms with Crippen molar-refractivity contribution in [2.24, 2.45) is 0 Å². The normalized spacial score (nSPS) is 14.4. The zero-order chi connectivity index (χ0) is 21.7. The van der Waals surface area contributed by atoms with Crippen LogP contribution in [0.2, 0.25) is 0 Å². The van der Waals surface area contributed by atoms with Crippen LogP contribution in [0.4, 0.5) is 0 Å². The lowest BCUT2D eigenvalue weighted by molar-refractivity contribution is -0.139. The van der Waals surface area contributed by atoms with Crippen molar-refractivity contribution in [3.63, 3.8) is 0 Å². The Morgan fingerprint density at radius 1 is 0.966 bits per heavy atom. The van der Waals surface area contributed by atoms with E-state index in [4.69, 9.17) is 18.9 Å². The largest absolute Gasteiger partial charge is 0.493 e. The maximum atomic E-state index is 12.9. The summed E-state index contributed by atoms with van der Waals surface area (Å²) in [5.74, 6) is -0.893. The molecule has 1 aromatic rings. The van der Waals surface area contributed by atoms with Gasteiger partial charge in [-0.15, -0.1) is 0 Å². The van der Waals surface area contributed by atoms with Gasteiger partial charge < -0.3 is 24.3 Å². The van der Waals surface area contributed by atoms with Crippen molar-refractivity contribution >= 4 is 27.9 Å². The summed E-state index contributed by atoms with van der Waals surface area (Å²) in [6.45, 7) is 7.42. The molecule has 2 rings (SSSR count). The van der Waals surface area contributed by atoms with E-state index in [0.29, 0.717) is 44.1 Å². The summed E-state index contributed by atoms with van der Waals surface area (Å²) in [6.07, 6.45) is 0. The van der Waals surface area contributed by atoms with Gasteiger partial charge in [0.25, 0.3) is 0 Å². The highest BCUT2D eigenvalue weighted by Gasteiger charge is 2.40. The topological polar surface area (TPSA) is 83.1 Å². The second kappa shape index (κ2) is 9.82. The number of carbonyl (C=O) groups is 2. The van der Waals surface area contributed by atoms with Crippen molar-refractivity contribution in [2.45, 2.75) is 33.6 Å². The number of benzene rings is 1. The van der Waals surface area contributed by atoms with E-state index in [1.807, 2.05) is 0 Å². The molecule has 1 N–H and O–H groups in total. The number of rotatable bonds is 7. The first kappa shape index (κ1) is 22.8. The number of hydrogen-bond donors (Lipinski definition) is 1. The van der Waals surface area contributed by atoms with Gasteiger partial charge in [-0.25, -0.2) is 9.59 Å². The minimum atomic E-state index is -0.754. The summed E-state index contributed by atoms with van der Waals surface area (Å²) in [5, 5.41) is 3.11. The minimum Gasteiger partial charge on any atom is -0.493 e. The predicted octanol–water partition coefficient (Wildman–Crippen LogP) is 3.83. The number of ether oxygens (including phenoxy) is 4. The Morgan fingerprint density at radius 2 is 1.48 bits per heavy atom. The first-order chi connectivity index (χ1) is 13.8. The number of methoxy groups -OCH3 is 2. The number of esters is 2. The van der Waals surface area contributed by atoms with Crippen LogP contribution in [-0.2, 0) is 19.1 Å². The molecular formula is C21H26BrNO6. The van der Waals surface area contributed by atoms with Crippen LogP contribution in [0, 0.1) is 0 Å². The molecule has 0 aliphatic carbocycles. The highest BCUT2D eigenvalue weighted by atomic mass is 79.9. The molecule has 0 aromatic heterocycles. The van der Waals surface area contributed by atoms with Crippen LogP contribution in [0.15, 0.2) is 39.1 Å². The monoisotopic (exact) mass is 467 g/mol. The van der Waals surface area contributed by atoms with Gasteiger partial charge in [0.2, 0.25) is 0 Å². The Balaban J connectivity index is 2.83. The van der Waals surface area contributed by atoms with E-state index >= 15 is 0 Å². The Kier molecular flexibility index (Phi) is 7.73. The van der Waals surface area contributed by atoms with Crippen LogP contribution in [0.3, 0.4) is 0 Å². The van der Waals surface area contributed by atoms with Crippen molar-refractivity contribution in [3.8, 4) is 11.5 Å². The summed E-state index contributed by atoms with van der Waals surface area (Å²) in [7, 11) is 3.04. The molecule has 0 radical (unpaired) electrons. The number of hydrogen-bond acceptors (Lipinski definition) is 7. The molecular weight excluding hydrogens is 442 g/mol. The van der Waals surface area contributed by atoms with Crippen LogP contribution < -0.4 is 14.8 Å². The van der Waals surface area contributed by atoms with E-state index in [0.717, 1.165) is 0 Å². The highest BCUT2D eigenvalue weighted by molar-refractivity contribution is 9.10. The smallest absolute Gasteiger partial charge is 0.336 e. The summed E-state index contributed by atoms with van der Waals surface area (Å²) >= 11 is 3.47. The molecule has 158 valence electrons. The van der Waals surface area contributed by atoms with E-state index in [1.165, 1.54) is 14.2 Å². The van der Waals surface area contributed by atoms with E-state index < -0.39 is 17.9 Å². The Labute approximate surface area is 179 Å². The van der Waals surface area contributed by atoms with E-state index in [1.54, 1.807) is 39.8 Å². The molecule has 0 saturated heterocycles. The molecule has 0 bridgehead atoms. The lowest BCUT2D eigenvalue weighted by Gasteiger charge is -2.31. The maximum Gasteiger partial charge on any atom is 0.336 e. The summed E-state index contributed by atoms with van der Waals surface area (Å²) in [6, 6.07) is 3.56. The number of halogens is 1. The summed E-state index contributed by atoms with van der Waals surface area (Å²) in [4.78, 5) is 25.8. The fraction of sp³-hybridized carbons (Fsp3) is 0.429. The van der Waals surface area contributed by atoms with Crippen LogP contribution in [-0.4, -0.2) is 39.4 Å². The highest BCUT2D eigenvalue weighted by Crippen LogP contribution is 2.47. The molecule has 0 atom stereocenters. The van der Waals surface area contributed by atoms with Crippen LogP contribution in [0.5, 0.6) is 11.5 Å². The van der Waals surface area contributed by atoms with E-state index in [-0.39, 0.29) is 13.2 Å². The second-order valence-electron chi connectivity index (χ2n) is 6.31.